The van der Waals surface area contributed by atoms with Gasteiger partial charge >= 0.3 is 6.18 Å². The third-order valence-electron chi connectivity index (χ3n) is 3.80. The smallest absolute Gasteiger partial charge is 0.355 e. The van der Waals surface area contributed by atoms with E-state index in [1.54, 1.807) is 6.07 Å². The maximum absolute atomic E-state index is 13.0. The number of aromatic nitrogens is 1. The van der Waals surface area contributed by atoms with Crippen LogP contribution < -0.4 is 0 Å². The minimum Gasteiger partial charge on any atom is -0.355 e. The van der Waals surface area contributed by atoms with E-state index >= 15 is 0 Å². The second-order valence-corrected chi connectivity index (χ2v) is 6.62. The molecule has 0 aliphatic heterocycles. The summed E-state index contributed by atoms with van der Waals surface area (Å²) in [6.45, 7) is 5.53. The molecular weight excluding hydrogens is 430 g/mol. The Bertz CT molecular complexity index is 928. The summed E-state index contributed by atoms with van der Waals surface area (Å²) >= 11 is 2.18. The molecule has 0 atom stereocenters. The minimum atomic E-state index is -4.40. The molecule has 0 fully saturated rings. The van der Waals surface area contributed by atoms with Crippen molar-refractivity contribution >= 4 is 39.6 Å². The molecule has 3 rings (SSSR count). The zero-order chi connectivity index (χ0) is 17.5. The van der Waals surface area contributed by atoms with Crippen molar-refractivity contribution in [1.29, 1.82) is 0 Å². The molecular formula is C18H13F3INO. The number of benzene rings is 2. The number of aryl methyl sites for hydroxylation is 1. The molecule has 0 aliphatic carbocycles. The normalized spacial score (nSPS) is 11.9. The van der Waals surface area contributed by atoms with Crippen LogP contribution in [0.3, 0.4) is 0 Å². The van der Waals surface area contributed by atoms with Crippen LogP contribution in [0.1, 0.15) is 27.9 Å². The summed E-state index contributed by atoms with van der Waals surface area (Å²) in [5.41, 5.74) is 2.62. The van der Waals surface area contributed by atoms with Gasteiger partial charge in [0.2, 0.25) is 0 Å². The summed E-state index contributed by atoms with van der Waals surface area (Å²) in [7, 11) is 0. The second kappa shape index (κ2) is 6.23. The summed E-state index contributed by atoms with van der Waals surface area (Å²) in [6.07, 6.45) is -2.73. The summed E-state index contributed by atoms with van der Waals surface area (Å²) in [5, 5.41) is 4.87. The summed E-state index contributed by atoms with van der Waals surface area (Å²) in [5.74, 6) is 0. The van der Waals surface area contributed by atoms with Gasteiger partial charge in [-0.15, -0.1) is 0 Å². The third-order valence-corrected chi connectivity index (χ3v) is 5.14. The Kier molecular flexibility index (Phi) is 4.42. The number of rotatable bonds is 3. The third kappa shape index (κ3) is 3.19. The van der Waals surface area contributed by atoms with Crippen LogP contribution in [0.15, 0.2) is 41.4 Å². The van der Waals surface area contributed by atoms with E-state index in [0.29, 0.717) is 22.4 Å². The molecule has 0 bridgehead atoms. The van der Waals surface area contributed by atoms with Crippen LogP contribution >= 0.6 is 22.6 Å². The molecule has 0 N–H and O–H groups in total. The van der Waals surface area contributed by atoms with E-state index in [1.807, 2.05) is 19.1 Å². The van der Waals surface area contributed by atoms with Crippen LogP contribution in [0.5, 0.6) is 0 Å². The van der Waals surface area contributed by atoms with E-state index in [2.05, 4.69) is 34.3 Å². The van der Waals surface area contributed by atoms with Crippen molar-refractivity contribution in [2.45, 2.75) is 19.5 Å². The van der Waals surface area contributed by atoms with Crippen molar-refractivity contribution in [1.82, 2.24) is 5.16 Å². The number of hydrogen-bond acceptors (Lipinski definition) is 2. The molecule has 0 spiro atoms. The van der Waals surface area contributed by atoms with Crippen molar-refractivity contribution in [3.05, 3.63) is 68.4 Å². The fourth-order valence-corrected chi connectivity index (χ4v) is 3.11. The van der Waals surface area contributed by atoms with Gasteiger partial charge in [0.15, 0.2) is 5.58 Å². The number of alkyl halides is 3. The molecule has 0 unspecified atom stereocenters. The van der Waals surface area contributed by atoms with Gasteiger partial charge in [-0.3, -0.25) is 0 Å². The first-order valence-electron chi connectivity index (χ1n) is 7.16. The Morgan fingerprint density at radius 3 is 2.67 bits per heavy atom. The van der Waals surface area contributed by atoms with Crippen molar-refractivity contribution in [3.63, 3.8) is 0 Å². The molecule has 0 radical (unpaired) electrons. The van der Waals surface area contributed by atoms with Crippen molar-refractivity contribution in [2.75, 3.05) is 0 Å². The lowest BCUT2D eigenvalue weighted by atomic mass is 10.0. The lowest BCUT2D eigenvalue weighted by molar-refractivity contribution is -0.137. The number of hydrogen-bond donors (Lipinski definition) is 0. The van der Waals surface area contributed by atoms with Crippen LogP contribution in [-0.2, 0) is 12.6 Å². The predicted molar refractivity (Wildman–Crippen MR) is 95.8 cm³/mol. The Morgan fingerprint density at radius 1 is 1.25 bits per heavy atom. The molecule has 0 amide bonds. The molecule has 24 heavy (non-hydrogen) atoms. The molecule has 0 saturated heterocycles. The van der Waals surface area contributed by atoms with E-state index in [-0.39, 0.29) is 6.42 Å². The van der Waals surface area contributed by atoms with E-state index in [1.165, 1.54) is 6.08 Å². The molecule has 3 aromatic rings. The Hall–Kier alpha value is -1.83. The van der Waals surface area contributed by atoms with E-state index < -0.39 is 11.7 Å². The Balaban J connectivity index is 2.06. The Labute approximate surface area is 150 Å². The maximum atomic E-state index is 13.0. The lowest BCUT2D eigenvalue weighted by Crippen LogP contribution is -2.06. The van der Waals surface area contributed by atoms with E-state index in [4.69, 9.17) is 4.52 Å². The highest BCUT2D eigenvalue weighted by Crippen LogP contribution is 2.32. The van der Waals surface area contributed by atoms with Gasteiger partial charge in [-0.25, -0.2) is 0 Å². The first kappa shape index (κ1) is 17.0. The summed E-state index contributed by atoms with van der Waals surface area (Å²) in [4.78, 5) is 0. The monoisotopic (exact) mass is 443 g/mol. The maximum Gasteiger partial charge on any atom is 0.416 e. The highest BCUT2D eigenvalue weighted by Gasteiger charge is 2.31. The second-order valence-electron chi connectivity index (χ2n) is 5.54. The average Bonchev–Trinajstić information content (AvgIpc) is 2.93. The largest absolute Gasteiger partial charge is 0.416 e. The van der Waals surface area contributed by atoms with Gasteiger partial charge in [0.1, 0.15) is 0 Å². The van der Waals surface area contributed by atoms with Gasteiger partial charge in [0.05, 0.1) is 14.8 Å². The molecule has 1 heterocycles. The van der Waals surface area contributed by atoms with Crippen LogP contribution in [0.25, 0.3) is 17.0 Å². The van der Waals surface area contributed by atoms with Crippen molar-refractivity contribution < 1.29 is 17.7 Å². The van der Waals surface area contributed by atoms with E-state index in [0.717, 1.165) is 26.7 Å². The first-order chi connectivity index (χ1) is 11.3. The Morgan fingerprint density at radius 2 is 2.00 bits per heavy atom. The molecule has 2 nitrogen and oxygen atoms in total. The first-order valence-corrected chi connectivity index (χ1v) is 8.24. The van der Waals surface area contributed by atoms with Gasteiger partial charge in [-0.05, 0) is 64.4 Å². The SMILES string of the molecule is C=Cc1cc(Cc2noc3c(I)c(C)ccc23)cc(C(F)(F)F)c1. The van der Waals surface area contributed by atoms with Gasteiger partial charge in [0.25, 0.3) is 0 Å². The van der Waals surface area contributed by atoms with Crippen molar-refractivity contribution in [3.8, 4) is 0 Å². The zero-order valence-corrected chi connectivity index (χ0v) is 14.9. The van der Waals surface area contributed by atoms with Crippen molar-refractivity contribution in [2.24, 2.45) is 0 Å². The molecule has 0 aliphatic rings. The number of nitrogens with zero attached hydrogens (tertiary/aromatic N) is 1. The van der Waals surface area contributed by atoms with Crippen LogP contribution in [0.2, 0.25) is 0 Å². The number of halogens is 4. The molecule has 0 saturated carbocycles. The number of fused-ring (bicyclic) bond motifs is 1. The van der Waals surface area contributed by atoms with E-state index in [9.17, 15) is 13.2 Å². The van der Waals surface area contributed by atoms with Crippen LogP contribution in [0.4, 0.5) is 13.2 Å². The quantitative estimate of drug-likeness (QED) is 0.465. The molecule has 6 heteroatoms. The fraction of sp³-hybridized carbons (Fsp3) is 0.167. The average molecular weight is 443 g/mol. The van der Waals surface area contributed by atoms with Crippen LogP contribution in [-0.4, -0.2) is 5.16 Å². The highest BCUT2D eigenvalue weighted by molar-refractivity contribution is 14.1. The van der Waals surface area contributed by atoms with Crippen LogP contribution in [0, 0.1) is 10.5 Å². The predicted octanol–water partition coefficient (Wildman–Crippen LogP) is 5.99. The minimum absolute atomic E-state index is 0.261. The molecule has 2 aromatic carbocycles. The fourth-order valence-electron chi connectivity index (χ4n) is 2.54. The molecule has 1 aromatic heterocycles. The zero-order valence-electron chi connectivity index (χ0n) is 12.7. The van der Waals surface area contributed by atoms with Gasteiger partial charge in [0, 0.05) is 11.8 Å². The lowest BCUT2D eigenvalue weighted by Gasteiger charge is -2.10. The van der Waals surface area contributed by atoms with Gasteiger partial charge < -0.3 is 4.52 Å². The highest BCUT2D eigenvalue weighted by atomic mass is 127. The summed E-state index contributed by atoms with van der Waals surface area (Å²) in [6, 6.07) is 7.76. The van der Waals surface area contributed by atoms with Gasteiger partial charge in [-0.1, -0.05) is 29.9 Å². The summed E-state index contributed by atoms with van der Waals surface area (Å²) < 4.78 is 45.5. The van der Waals surface area contributed by atoms with Gasteiger partial charge in [-0.2, -0.15) is 13.2 Å². The topological polar surface area (TPSA) is 26.0 Å². The molecule has 124 valence electrons. The standard InChI is InChI=1S/C18H13F3INO/c1-3-11-6-12(8-13(7-11)18(19,20)21)9-15-14-5-4-10(2)16(22)17(14)24-23-15/h3-8H,1,9H2,2H3.